The van der Waals surface area contributed by atoms with Crippen molar-refractivity contribution in [1.29, 1.82) is 5.26 Å². The number of hydroxylamine groups is 2. The summed E-state index contributed by atoms with van der Waals surface area (Å²) in [5.74, 6) is -0.337. The summed E-state index contributed by atoms with van der Waals surface area (Å²) in [6.45, 7) is 3.99. The van der Waals surface area contributed by atoms with E-state index < -0.39 is 0 Å². The molecule has 0 unspecified atom stereocenters. The molecule has 0 spiro atoms. The molecule has 0 aromatic heterocycles. The summed E-state index contributed by atoms with van der Waals surface area (Å²) in [5.41, 5.74) is 0. The maximum atomic E-state index is 10.9. The van der Waals surface area contributed by atoms with E-state index in [2.05, 4.69) is 0 Å². The van der Waals surface area contributed by atoms with E-state index in [-0.39, 0.29) is 31.4 Å². The van der Waals surface area contributed by atoms with E-state index in [9.17, 15) is 10.0 Å². The molecule has 0 rings (SSSR count). The van der Waals surface area contributed by atoms with Crippen LogP contribution in [-0.2, 0) is 9.53 Å². The zero-order valence-electron chi connectivity index (χ0n) is 8.56. The summed E-state index contributed by atoms with van der Waals surface area (Å²) in [5, 5.41) is 18.7. The van der Waals surface area contributed by atoms with Crippen molar-refractivity contribution in [2.24, 2.45) is 0 Å². The van der Waals surface area contributed by atoms with Crippen LogP contribution in [0.3, 0.4) is 0 Å². The number of hydrogen-bond donors (Lipinski definition) is 1. The molecule has 14 heavy (non-hydrogen) atoms. The van der Waals surface area contributed by atoms with Gasteiger partial charge in [0.05, 0.1) is 25.5 Å². The zero-order valence-corrected chi connectivity index (χ0v) is 8.56. The molecule has 0 aromatic carbocycles. The molecule has 5 nitrogen and oxygen atoms in total. The Kier molecular flexibility index (Phi) is 6.72. The Morgan fingerprint density at radius 2 is 2.36 bits per heavy atom. The fourth-order valence-electron chi connectivity index (χ4n) is 0.897. The van der Waals surface area contributed by atoms with Gasteiger partial charge in [0, 0.05) is 12.6 Å². The molecule has 0 aliphatic carbocycles. The second kappa shape index (κ2) is 7.30. The maximum absolute atomic E-state index is 10.9. The van der Waals surface area contributed by atoms with E-state index >= 15 is 0 Å². The van der Waals surface area contributed by atoms with Gasteiger partial charge in [-0.3, -0.25) is 4.79 Å². The highest BCUT2D eigenvalue weighted by Gasteiger charge is 2.12. The first-order chi connectivity index (χ1) is 6.61. The molecule has 0 aliphatic rings. The fraction of sp³-hybridized carbons (Fsp3) is 0.778. The Balaban J connectivity index is 3.68. The molecule has 0 aliphatic heterocycles. The molecule has 0 amide bonds. The summed E-state index contributed by atoms with van der Waals surface area (Å²) in [6, 6.07) is 1.69. The molecule has 0 aromatic rings. The zero-order chi connectivity index (χ0) is 11.0. The van der Waals surface area contributed by atoms with Gasteiger partial charge in [-0.25, -0.2) is 0 Å². The van der Waals surface area contributed by atoms with Crippen molar-refractivity contribution in [2.45, 2.75) is 32.7 Å². The molecule has 5 heteroatoms. The smallest absolute Gasteiger partial charge is 0.307 e. The number of rotatable bonds is 6. The van der Waals surface area contributed by atoms with E-state index in [4.69, 9.17) is 10.00 Å². The summed E-state index contributed by atoms with van der Waals surface area (Å²) in [4.78, 5) is 10.9. The van der Waals surface area contributed by atoms with Gasteiger partial charge < -0.3 is 9.94 Å². The van der Waals surface area contributed by atoms with Gasteiger partial charge in [-0.1, -0.05) is 0 Å². The van der Waals surface area contributed by atoms with Crippen LogP contribution in [0.1, 0.15) is 26.7 Å². The topological polar surface area (TPSA) is 73.6 Å². The van der Waals surface area contributed by atoms with E-state index in [0.717, 1.165) is 5.06 Å². The van der Waals surface area contributed by atoms with Crippen molar-refractivity contribution in [3.63, 3.8) is 0 Å². The Morgan fingerprint density at radius 3 is 2.86 bits per heavy atom. The summed E-state index contributed by atoms with van der Waals surface area (Å²) >= 11 is 0. The highest BCUT2D eigenvalue weighted by molar-refractivity contribution is 5.69. The lowest BCUT2D eigenvalue weighted by Crippen LogP contribution is -2.31. The lowest BCUT2D eigenvalue weighted by atomic mass is 10.2. The van der Waals surface area contributed by atoms with Crippen LogP contribution in [0.15, 0.2) is 0 Å². The third kappa shape index (κ3) is 5.51. The van der Waals surface area contributed by atoms with E-state index in [0.29, 0.717) is 6.61 Å². The first-order valence-corrected chi connectivity index (χ1v) is 4.59. The molecule has 0 heterocycles. The number of carbonyl (C=O) groups excluding carboxylic acids is 1. The number of nitrogens with zero attached hydrogens (tertiary/aromatic N) is 2. The van der Waals surface area contributed by atoms with E-state index in [1.807, 2.05) is 6.07 Å². The van der Waals surface area contributed by atoms with Gasteiger partial charge in [0.2, 0.25) is 0 Å². The predicted molar refractivity (Wildman–Crippen MR) is 49.4 cm³/mol. The normalized spacial score (nSPS) is 12.2. The fourth-order valence-corrected chi connectivity index (χ4v) is 0.897. The molecule has 1 N–H and O–H groups in total. The van der Waals surface area contributed by atoms with Crippen LogP contribution in [0.5, 0.6) is 0 Å². The maximum Gasteiger partial charge on any atom is 0.307 e. The third-order valence-corrected chi connectivity index (χ3v) is 1.75. The molecule has 0 bridgehead atoms. The Labute approximate surface area is 83.8 Å². The number of hydrogen-bond acceptors (Lipinski definition) is 5. The first-order valence-electron chi connectivity index (χ1n) is 4.59. The summed E-state index contributed by atoms with van der Waals surface area (Å²) in [7, 11) is 0. The van der Waals surface area contributed by atoms with Crippen molar-refractivity contribution in [1.82, 2.24) is 5.06 Å². The van der Waals surface area contributed by atoms with Gasteiger partial charge >= 0.3 is 5.97 Å². The highest BCUT2D eigenvalue weighted by atomic mass is 16.5. The van der Waals surface area contributed by atoms with Gasteiger partial charge in [-0.15, -0.1) is 0 Å². The van der Waals surface area contributed by atoms with Gasteiger partial charge in [0.25, 0.3) is 0 Å². The molecular weight excluding hydrogens is 184 g/mol. The van der Waals surface area contributed by atoms with Crippen LogP contribution >= 0.6 is 0 Å². The minimum atomic E-state index is -0.337. The molecule has 0 radical (unpaired) electrons. The quantitative estimate of drug-likeness (QED) is 0.510. The monoisotopic (exact) mass is 200 g/mol. The van der Waals surface area contributed by atoms with Crippen LogP contribution in [-0.4, -0.2) is 35.4 Å². The van der Waals surface area contributed by atoms with Crippen molar-refractivity contribution in [2.75, 3.05) is 13.2 Å². The van der Waals surface area contributed by atoms with Gasteiger partial charge in [-0.05, 0) is 13.8 Å². The lowest BCUT2D eigenvalue weighted by Gasteiger charge is -2.19. The van der Waals surface area contributed by atoms with Crippen molar-refractivity contribution in [3.05, 3.63) is 0 Å². The van der Waals surface area contributed by atoms with E-state index in [1.165, 1.54) is 0 Å². The highest BCUT2D eigenvalue weighted by Crippen LogP contribution is 2.00. The molecule has 80 valence electrons. The van der Waals surface area contributed by atoms with Crippen molar-refractivity contribution >= 4 is 5.97 Å². The van der Waals surface area contributed by atoms with E-state index in [1.54, 1.807) is 13.8 Å². The standard InChI is InChI=1S/C9H16N2O3/c1-3-14-9(12)5-7-11(13)8(2)4-6-10/h8,13H,3-5,7H2,1-2H3/t8-/m0/s1. The van der Waals surface area contributed by atoms with Crippen LogP contribution in [0.25, 0.3) is 0 Å². The number of ether oxygens (including phenoxy) is 1. The largest absolute Gasteiger partial charge is 0.466 e. The minimum absolute atomic E-state index is 0.139. The second-order valence-electron chi connectivity index (χ2n) is 2.93. The lowest BCUT2D eigenvalue weighted by molar-refractivity contribution is -0.151. The predicted octanol–water partition coefficient (Wildman–Crippen LogP) is 0.933. The van der Waals surface area contributed by atoms with Crippen LogP contribution < -0.4 is 0 Å². The molecule has 0 fully saturated rings. The SMILES string of the molecule is CCOC(=O)CCN(O)[C@@H](C)CC#N. The minimum Gasteiger partial charge on any atom is -0.466 e. The number of carbonyl (C=O) groups is 1. The average molecular weight is 200 g/mol. The second-order valence-corrected chi connectivity index (χ2v) is 2.93. The number of esters is 1. The molecule has 0 saturated heterocycles. The van der Waals surface area contributed by atoms with Crippen LogP contribution in [0.4, 0.5) is 0 Å². The van der Waals surface area contributed by atoms with Gasteiger partial charge in [0.1, 0.15) is 0 Å². The summed E-state index contributed by atoms with van der Waals surface area (Å²) < 4.78 is 4.69. The summed E-state index contributed by atoms with van der Waals surface area (Å²) in [6.07, 6.45) is 0.374. The Bertz CT molecular complexity index is 213. The van der Waals surface area contributed by atoms with Gasteiger partial charge in [-0.2, -0.15) is 10.3 Å². The van der Waals surface area contributed by atoms with Gasteiger partial charge in [0.15, 0.2) is 0 Å². The first kappa shape index (κ1) is 12.9. The Morgan fingerprint density at radius 1 is 1.71 bits per heavy atom. The average Bonchev–Trinajstić information content (AvgIpc) is 2.15. The Hall–Kier alpha value is -1.12. The number of nitriles is 1. The van der Waals surface area contributed by atoms with Crippen LogP contribution in [0, 0.1) is 11.3 Å². The van der Waals surface area contributed by atoms with Crippen molar-refractivity contribution in [3.8, 4) is 6.07 Å². The molecule has 1 atom stereocenters. The van der Waals surface area contributed by atoms with Crippen LogP contribution in [0.2, 0.25) is 0 Å². The molecule has 0 saturated carbocycles. The third-order valence-electron chi connectivity index (χ3n) is 1.75. The van der Waals surface area contributed by atoms with Crippen molar-refractivity contribution < 1.29 is 14.7 Å². The molecular formula is C9H16N2O3.